The standard InChI is InChI=1S/C17H15N7OS/c25-10-13-18-6-5-14(20-13)23-7-8-24-15(9-23)21-22-16(24)17-19-11-3-1-2-4-12(11)26-17/h1-6,25H,7-10H2. The Kier molecular flexibility index (Phi) is 3.61. The average Bonchev–Trinajstić information content (AvgIpc) is 3.31. The van der Waals surface area contributed by atoms with Crippen molar-refractivity contribution < 1.29 is 5.11 Å². The highest BCUT2D eigenvalue weighted by Crippen LogP contribution is 2.30. The molecule has 0 aliphatic carbocycles. The van der Waals surface area contributed by atoms with Gasteiger partial charge in [-0.05, 0) is 18.2 Å². The lowest BCUT2D eigenvalue weighted by molar-refractivity contribution is 0.271. The minimum atomic E-state index is -0.167. The van der Waals surface area contributed by atoms with Gasteiger partial charge in [-0.3, -0.25) is 0 Å². The van der Waals surface area contributed by atoms with Crippen LogP contribution in [0.5, 0.6) is 0 Å². The van der Waals surface area contributed by atoms with E-state index in [9.17, 15) is 5.11 Å². The number of thiazole rings is 1. The summed E-state index contributed by atoms with van der Waals surface area (Å²) in [5.74, 6) is 2.92. The number of aromatic nitrogens is 6. The fourth-order valence-corrected chi connectivity index (χ4v) is 4.08. The lowest BCUT2D eigenvalue weighted by atomic mass is 10.3. The first-order valence-electron chi connectivity index (χ1n) is 8.27. The molecule has 1 N–H and O–H groups in total. The van der Waals surface area contributed by atoms with Gasteiger partial charge in [-0.1, -0.05) is 12.1 Å². The van der Waals surface area contributed by atoms with Crippen molar-refractivity contribution >= 4 is 27.4 Å². The van der Waals surface area contributed by atoms with Gasteiger partial charge in [0.15, 0.2) is 22.5 Å². The van der Waals surface area contributed by atoms with Crippen molar-refractivity contribution in [2.24, 2.45) is 0 Å². The Morgan fingerprint density at radius 1 is 1.08 bits per heavy atom. The molecule has 0 atom stereocenters. The number of para-hydroxylation sites is 1. The van der Waals surface area contributed by atoms with Crippen molar-refractivity contribution in [1.29, 1.82) is 0 Å². The number of rotatable bonds is 3. The Morgan fingerprint density at radius 2 is 2.00 bits per heavy atom. The predicted octanol–water partition coefficient (Wildman–Crippen LogP) is 1.86. The molecule has 0 radical (unpaired) electrons. The smallest absolute Gasteiger partial charge is 0.193 e. The van der Waals surface area contributed by atoms with Gasteiger partial charge < -0.3 is 14.6 Å². The number of aliphatic hydroxyl groups excluding tert-OH is 1. The molecular weight excluding hydrogens is 350 g/mol. The van der Waals surface area contributed by atoms with Crippen LogP contribution in [-0.2, 0) is 19.7 Å². The molecule has 130 valence electrons. The largest absolute Gasteiger partial charge is 0.388 e. The van der Waals surface area contributed by atoms with E-state index in [4.69, 9.17) is 4.98 Å². The Labute approximate surface area is 152 Å². The van der Waals surface area contributed by atoms with Crippen LogP contribution in [0.3, 0.4) is 0 Å². The molecule has 26 heavy (non-hydrogen) atoms. The number of aliphatic hydroxyl groups is 1. The van der Waals surface area contributed by atoms with E-state index in [1.807, 2.05) is 24.3 Å². The van der Waals surface area contributed by atoms with E-state index in [0.717, 1.165) is 45.8 Å². The van der Waals surface area contributed by atoms with Gasteiger partial charge in [0.05, 0.1) is 16.8 Å². The summed E-state index contributed by atoms with van der Waals surface area (Å²) in [6.45, 7) is 1.98. The minimum Gasteiger partial charge on any atom is -0.388 e. The second-order valence-corrected chi connectivity index (χ2v) is 7.02. The van der Waals surface area contributed by atoms with Crippen LogP contribution in [0.25, 0.3) is 21.0 Å². The number of benzene rings is 1. The van der Waals surface area contributed by atoms with Crippen LogP contribution in [0.1, 0.15) is 11.6 Å². The summed E-state index contributed by atoms with van der Waals surface area (Å²) in [4.78, 5) is 15.2. The molecule has 0 fully saturated rings. The Balaban J connectivity index is 1.47. The maximum Gasteiger partial charge on any atom is 0.193 e. The molecule has 0 unspecified atom stereocenters. The van der Waals surface area contributed by atoms with E-state index in [-0.39, 0.29) is 6.61 Å². The molecular formula is C17H15N7OS. The molecule has 1 aromatic carbocycles. The van der Waals surface area contributed by atoms with E-state index < -0.39 is 0 Å². The second-order valence-electron chi connectivity index (χ2n) is 5.99. The molecule has 0 saturated carbocycles. The quantitative estimate of drug-likeness (QED) is 0.592. The third-order valence-corrected chi connectivity index (χ3v) is 5.43. The Bertz CT molecular complexity index is 1060. The minimum absolute atomic E-state index is 0.167. The van der Waals surface area contributed by atoms with Gasteiger partial charge in [-0.25, -0.2) is 15.0 Å². The average molecular weight is 365 g/mol. The van der Waals surface area contributed by atoms with E-state index in [0.29, 0.717) is 12.4 Å². The second kappa shape index (κ2) is 6.11. The zero-order chi connectivity index (χ0) is 17.5. The normalized spacial score (nSPS) is 14.0. The highest BCUT2D eigenvalue weighted by molar-refractivity contribution is 7.21. The van der Waals surface area contributed by atoms with Crippen molar-refractivity contribution in [3.05, 3.63) is 48.2 Å². The number of fused-ring (bicyclic) bond motifs is 2. The van der Waals surface area contributed by atoms with E-state index in [1.54, 1.807) is 17.5 Å². The number of nitrogens with zero attached hydrogens (tertiary/aromatic N) is 7. The zero-order valence-corrected chi connectivity index (χ0v) is 14.6. The molecule has 3 aromatic heterocycles. The summed E-state index contributed by atoms with van der Waals surface area (Å²) in [6.07, 6.45) is 1.67. The number of hydrogen-bond donors (Lipinski definition) is 1. The van der Waals surface area contributed by atoms with Crippen LogP contribution in [0.2, 0.25) is 0 Å². The van der Waals surface area contributed by atoms with Gasteiger partial charge in [-0.2, -0.15) is 0 Å². The summed E-state index contributed by atoms with van der Waals surface area (Å²) in [6, 6.07) is 9.94. The van der Waals surface area contributed by atoms with E-state index in [2.05, 4.69) is 35.7 Å². The van der Waals surface area contributed by atoms with Gasteiger partial charge in [-0.15, -0.1) is 21.5 Å². The van der Waals surface area contributed by atoms with Crippen molar-refractivity contribution in [3.8, 4) is 10.8 Å². The first-order chi connectivity index (χ1) is 12.8. The Morgan fingerprint density at radius 3 is 2.88 bits per heavy atom. The molecule has 4 aromatic rings. The maximum absolute atomic E-state index is 9.23. The predicted molar refractivity (Wildman–Crippen MR) is 97.6 cm³/mol. The molecule has 0 saturated heterocycles. The van der Waals surface area contributed by atoms with Gasteiger partial charge in [0, 0.05) is 19.3 Å². The highest BCUT2D eigenvalue weighted by Gasteiger charge is 2.24. The lowest BCUT2D eigenvalue weighted by Gasteiger charge is -2.28. The van der Waals surface area contributed by atoms with Gasteiger partial charge in [0.1, 0.15) is 12.4 Å². The van der Waals surface area contributed by atoms with Crippen LogP contribution < -0.4 is 4.90 Å². The van der Waals surface area contributed by atoms with Gasteiger partial charge >= 0.3 is 0 Å². The molecule has 0 amide bonds. The molecule has 0 spiro atoms. The van der Waals surface area contributed by atoms with Crippen molar-refractivity contribution in [3.63, 3.8) is 0 Å². The van der Waals surface area contributed by atoms with Crippen LogP contribution in [0, 0.1) is 0 Å². The molecule has 5 rings (SSSR count). The fraction of sp³-hybridized carbons (Fsp3) is 0.235. The summed E-state index contributed by atoms with van der Waals surface area (Å²) < 4.78 is 3.28. The molecule has 0 bridgehead atoms. The van der Waals surface area contributed by atoms with Crippen molar-refractivity contribution in [1.82, 2.24) is 29.7 Å². The fourth-order valence-electron chi connectivity index (χ4n) is 3.12. The van der Waals surface area contributed by atoms with Crippen LogP contribution in [-0.4, -0.2) is 41.4 Å². The molecule has 1 aliphatic heterocycles. The summed E-state index contributed by atoms with van der Waals surface area (Å²) in [5.41, 5.74) is 0.986. The van der Waals surface area contributed by atoms with Crippen molar-refractivity contribution in [2.45, 2.75) is 19.7 Å². The lowest BCUT2D eigenvalue weighted by Crippen LogP contribution is -2.34. The van der Waals surface area contributed by atoms with Crippen LogP contribution in [0.15, 0.2) is 36.5 Å². The van der Waals surface area contributed by atoms with Crippen molar-refractivity contribution in [2.75, 3.05) is 11.4 Å². The SMILES string of the molecule is OCc1nccc(N2CCn3c(nnc3-c3nc4ccccc4s3)C2)n1. The van der Waals surface area contributed by atoms with Gasteiger partial charge in [0.2, 0.25) is 0 Å². The summed E-state index contributed by atoms with van der Waals surface area (Å²) >= 11 is 1.63. The van der Waals surface area contributed by atoms with Crippen LogP contribution >= 0.6 is 11.3 Å². The zero-order valence-electron chi connectivity index (χ0n) is 13.8. The third kappa shape index (κ3) is 2.52. The summed E-state index contributed by atoms with van der Waals surface area (Å²) in [5, 5.41) is 18.9. The molecule has 4 heterocycles. The molecule has 9 heteroatoms. The number of hydrogen-bond acceptors (Lipinski definition) is 8. The topological polar surface area (TPSA) is 92.9 Å². The first-order valence-corrected chi connectivity index (χ1v) is 9.09. The van der Waals surface area contributed by atoms with Gasteiger partial charge in [0.25, 0.3) is 0 Å². The third-order valence-electron chi connectivity index (χ3n) is 4.39. The summed E-state index contributed by atoms with van der Waals surface area (Å²) in [7, 11) is 0. The molecule has 1 aliphatic rings. The first kappa shape index (κ1) is 15.4. The maximum atomic E-state index is 9.23. The Hall–Kier alpha value is -2.91. The monoisotopic (exact) mass is 365 g/mol. The number of anilines is 1. The van der Waals surface area contributed by atoms with E-state index in [1.165, 1.54) is 0 Å². The highest BCUT2D eigenvalue weighted by atomic mass is 32.1. The van der Waals surface area contributed by atoms with Crippen LogP contribution in [0.4, 0.5) is 5.82 Å². The molecule has 8 nitrogen and oxygen atoms in total. The van der Waals surface area contributed by atoms with E-state index >= 15 is 0 Å².